The number of hydrogen-bond acceptors (Lipinski definition) is 2. The summed E-state index contributed by atoms with van der Waals surface area (Å²) in [5.74, 6) is 0.188. The molecule has 2 rings (SSSR count). The van der Waals surface area contributed by atoms with Gasteiger partial charge in [-0.3, -0.25) is 4.79 Å². The Kier molecular flexibility index (Phi) is 2.69. The highest BCUT2D eigenvalue weighted by atomic mass is 79.9. The molecule has 1 aliphatic rings. The Morgan fingerprint density at radius 3 is 2.69 bits per heavy atom. The summed E-state index contributed by atoms with van der Waals surface area (Å²) in [7, 11) is 0. The van der Waals surface area contributed by atoms with E-state index in [4.69, 9.17) is 0 Å². The van der Waals surface area contributed by atoms with Crippen molar-refractivity contribution in [1.82, 2.24) is 4.90 Å². The first-order valence-corrected chi connectivity index (χ1v) is 5.98. The van der Waals surface area contributed by atoms with Crippen molar-refractivity contribution in [1.29, 1.82) is 0 Å². The number of thiophene rings is 1. The Morgan fingerprint density at radius 1 is 1.46 bits per heavy atom. The van der Waals surface area contributed by atoms with E-state index in [-0.39, 0.29) is 5.91 Å². The van der Waals surface area contributed by atoms with Crippen LogP contribution in [0.15, 0.2) is 15.9 Å². The fourth-order valence-electron chi connectivity index (χ4n) is 1.50. The van der Waals surface area contributed by atoms with E-state index in [1.165, 1.54) is 11.3 Å². The average molecular weight is 260 g/mol. The van der Waals surface area contributed by atoms with Crippen LogP contribution in [0.25, 0.3) is 0 Å². The molecular formula is C9H10BrNOS. The molecule has 2 heterocycles. The lowest BCUT2D eigenvalue weighted by molar-refractivity contribution is 0.0797. The second-order valence-corrected chi connectivity index (χ2v) is 4.96. The van der Waals surface area contributed by atoms with Gasteiger partial charge in [-0.1, -0.05) is 0 Å². The van der Waals surface area contributed by atoms with Crippen LogP contribution >= 0.6 is 27.3 Å². The maximum atomic E-state index is 11.8. The number of carbonyl (C=O) groups excluding carboxylic acids is 1. The number of rotatable bonds is 1. The largest absolute Gasteiger partial charge is 0.338 e. The summed E-state index contributed by atoms with van der Waals surface area (Å²) in [4.78, 5) is 14.5. The molecule has 1 fully saturated rings. The van der Waals surface area contributed by atoms with E-state index in [0.717, 1.165) is 35.3 Å². The van der Waals surface area contributed by atoms with Crippen molar-refractivity contribution in [3.8, 4) is 0 Å². The van der Waals surface area contributed by atoms with Gasteiger partial charge in [-0.15, -0.1) is 11.3 Å². The van der Waals surface area contributed by atoms with Crippen molar-refractivity contribution >= 4 is 33.2 Å². The first-order chi connectivity index (χ1) is 6.27. The normalized spacial score (nSPS) is 16.5. The Balaban J connectivity index is 2.12. The summed E-state index contributed by atoms with van der Waals surface area (Å²) in [6, 6.07) is 1.89. The lowest BCUT2D eigenvalue weighted by atomic mass is 10.4. The SMILES string of the molecule is O=C(c1cc(Br)cs1)N1CCCC1. The number of amides is 1. The van der Waals surface area contributed by atoms with Crippen LogP contribution in [0.5, 0.6) is 0 Å². The van der Waals surface area contributed by atoms with Gasteiger partial charge in [0.1, 0.15) is 0 Å². The monoisotopic (exact) mass is 259 g/mol. The molecule has 0 radical (unpaired) electrons. The van der Waals surface area contributed by atoms with Gasteiger partial charge in [0.05, 0.1) is 4.88 Å². The van der Waals surface area contributed by atoms with Gasteiger partial charge in [0.15, 0.2) is 0 Å². The third-order valence-electron chi connectivity index (χ3n) is 2.17. The summed E-state index contributed by atoms with van der Waals surface area (Å²) < 4.78 is 1.00. The Labute approximate surface area is 89.7 Å². The van der Waals surface area contributed by atoms with Gasteiger partial charge in [-0.2, -0.15) is 0 Å². The predicted octanol–water partition coefficient (Wildman–Crippen LogP) is 2.75. The minimum atomic E-state index is 0.188. The maximum absolute atomic E-state index is 11.8. The topological polar surface area (TPSA) is 20.3 Å². The standard InChI is InChI=1S/C9H10BrNOS/c10-7-5-8(13-6-7)9(12)11-3-1-2-4-11/h5-6H,1-4H2. The molecule has 1 saturated heterocycles. The second kappa shape index (κ2) is 3.80. The first kappa shape index (κ1) is 9.21. The van der Waals surface area contributed by atoms with Crippen molar-refractivity contribution in [3.63, 3.8) is 0 Å². The lowest BCUT2D eigenvalue weighted by Crippen LogP contribution is -2.26. The van der Waals surface area contributed by atoms with Crippen molar-refractivity contribution in [2.45, 2.75) is 12.8 Å². The summed E-state index contributed by atoms with van der Waals surface area (Å²) in [6.45, 7) is 1.85. The van der Waals surface area contributed by atoms with Gasteiger partial charge >= 0.3 is 0 Å². The Bertz CT molecular complexity index is 317. The van der Waals surface area contributed by atoms with Gasteiger partial charge in [0.2, 0.25) is 0 Å². The van der Waals surface area contributed by atoms with E-state index >= 15 is 0 Å². The smallest absolute Gasteiger partial charge is 0.263 e. The number of hydrogen-bond donors (Lipinski definition) is 0. The van der Waals surface area contributed by atoms with Crippen LogP contribution in [0.1, 0.15) is 22.5 Å². The van der Waals surface area contributed by atoms with E-state index in [0.29, 0.717) is 0 Å². The number of nitrogens with zero attached hydrogens (tertiary/aromatic N) is 1. The molecular weight excluding hydrogens is 250 g/mol. The minimum absolute atomic E-state index is 0.188. The molecule has 4 heteroatoms. The molecule has 0 bridgehead atoms. The van der Waals surface area contributed by atoms with E-state index in [9.17, 15) is 4.79 Å². The zero-order chi connectivity index (χ0) is 9.26. The molecule has 1 aromatic rings. The molecule has 0 unspecified atom stereocenters. The van der Waals surface area contributed by atoms with Crippen LogP contribution in [-0.2, 0) is 0 Å². The van der Waals surface area contributed by atoms with Crippen LogP contribution in [0.3, 0.4) is 0 Å². The zero-order valence-corrected chi connectivity index (χ0v) is 9.53. The number of halogens is 1. The van der Waals surface area contributed by atoms with Crippen LogP contribution in [0.4, 0.5) is 0 Å². The Morgan fingerprint density at radius 2 is 2.15 bits per heavy atom. The molecule has 1 amide bonds. The molecule has 0 aliphatic carbocycles. The van der Waals surface area contributed by atoms with E-state index in [1.54, 1.807) is 0 Å². The van der Waals surface area contributed by atoms with Gasteiger partial charge in [0, 0.05) is 22.9 Å². The quantitative estimate of drug-likeness (QED) is 0.760. The molecule has 0 spiro atoms. The maximum Gasteiger partial charge on any atom is 0.263 e. The van der Waals surface area contributed by atoms with Crippen molar-refractivity contribution in [3.05, 3.63) is 20.8 Å². The van der Waals surface area contributed by atoms with Crippen LogP contribution in [0.2, 0.25) is 0 Å². The third kappa shape index (κ3) is 1.94. The minimum Gasteiger partial charge on any atom is -0.338 e. The molecule has 0 atom stereocenters. The number of likely N-dealkylation sites (tertiary alicyclic amines) is 1. The summed E-state index contributed by atoms with van der Waals surface area (Å²) in [5, 5.41) is 1.95. The molecule has 0 N–H and O–H groups in total. The fourth-order valence-corrected chi connectivity index (χ4v) is 2.89. The van der Waals surface area contributed by atoms with E-state index < -0.39 is 0 Å². The van der Waals surface area contributed by atoms with Crippen LogP contribution < -0.4 is 0 Å². The van der Waals surface area contributed by atoms with Gasteiger partial charge in [-0.25, -0.2) is 0 Å². The van der Waals surface area contributed by atoms with Crippen molar-refractivity contribution in [2.75, 3.05) is 13.1 Å². The molecule has 1 aliphatic heterocycles. The molecule has 1 aromatic heterocycles. The average Bonchev–Trinajstić information content (AvgIpc) is 2.72. The summed E-state index contributed by atoms with van der Waals surface area (Å²) >= 11 is 4.86. The predicted molar refractivity (Wildman–Crippen MR) is 57.2 cm³/mol. The first-order valence-electron chi connectivity index (χ1n) is 4.31. The molecule has 13 heavy (non-hydrogen) atoms. The molecule has 0 saturated carbocycles. The zero-order valence-electron chi connectivity index (χ0n) is 7.12. The lowest BCUT2D eigenvalue weighted by Gasteiger charge is -2.13. The third-order valence-corrected chi connectivity index (χ3v) is 3.85. The highest BCUT2D eigenvalue weighted by Gasteiger charge is 2.20. The summed E-state index contributed by atoms with van der Waals surface area (Å²) in [6.07, 6.45) is 2.30. The van der Waals surface area contributed by atoms with E-state index in [2.05, 4.69) is 15.9 Å². The highest BCUT2D eigenvalue weighted by Crippen LogP contribution is 2.22. The van der Waals surface area contributed by atoms with Crippen LogP contribution in [-0.4, -0.2) is 23.9 Å². The van der Waals surface area contributed by atoms with Gasteiger partial charge in [0.25, 0.3) is 5.91 Å². The van der Waals surface area contributed by atoms with Crippen molar-refractivity contribution < 1.29 is 4.79 Å². The van der Waals surface area contributed by atoms with Crippen molar-refractivity contribution in [2.24, 2.45) is 0 Å². The number of carbonyl (C=O) groups is 1. The molecule has 70 valence electrons. The van der Waals surface area contributed by atoms with E-state index in [1.807, 2.05) is 16.3 Å². The summed E-state index contributed by atoms with van der Waals surface area (Å²) in [5.41, 5.74) is 0. The van der Waals surface area contributed by atoms with Gasteiger partial charge in [-0.05, 0) is 34.8 Å². The second-order valence-electron chi connectivity index (χ2n) is 3.13. The Hall–Kier alpha value is -0.350. The molecule has 2 nitrogen and oxygen atoms in total. The fraction of sp³-hybridized carbons (Fsp3) is 0.444. The van der Waals surface area contributed by atoms with Crippen LogP contribution in [0, 0.1) is 0 Å². The highest BCUT2D eigenvalue weighted by molar-refractivity contribution is 9.10. The molecule has 0 aromatic carbocycles. The van der Waals surface area contributed by atoms with Gasteiger partial charge < -0.3 is 4.90 Å².